The molecule has 1 rings (SSSR count). The number of ether oxygens (including phenoxy) is 1. The Morgan fingerprint density at radius 1 is 0.619 bits per heavy atom. The van der Waals surface area contributed by atoms with Crippen LogP contribution in [0.5, 0.6) is 0 Å². The Balaban J connectivity index is 1.67. The molecule has 0 amide bonds. The topological polar surface area (TPSA) is 12.5 Å². The van der Waals surface area contributed by atoms with Crippen LogP contribution in [0, 0.1) is 0 Å². The van der Waals surface area contributed by atoms with Gasteiger partial charge in [0, 0.05) is 0 Å². The molecular formula is C20H40O. The smallest absolute Gasteiger partial charge is 0.0914 e. The number of hydrogen-bond acceptors (Lipinski definition) is 1. The third-order valence-corrected chi connectivity index (χ3v) is 5.18. The Kier molecular flexibility index (Phi) is 11.3. The number of rotatable bonds is 16. The molecule has 0 bridgehead atoms. The molecule has 0 aliphatic carbocycles. The fraction of sp³-hybridized carbons (Fsp3) is 1.00. The minimum absolute atomic E-state index is 0.330. The molecular weight excluding hydrogens is 256 g/mol. The van der Waals surface area contributed by atoms with Crippen molar-refractivity contribution in [2.75, 3.05) is 6.61 Å². The van der Waals surface area contributed by atoms with Crippen molar-refractivity contribution < 1.29 is 4.74 Å². The normalized spacial score (nSPS) is 20.9. The molecule has 126 valence electrons. The van der Waals surface area contributed by atoms with Gasteiger partial charge in [-0.2, -0.15) is 0 Å². The molecule has 1 aliphatic rings. The number of unbranched alkanes of at least 4 members (excludes halogenated alkanes) is 13. The summed E-state index contributed by atoms with van der Waals surface area (Å²) in [6.07, 6.45) is 22.8. The highest BCUT2D eigenvalue weighted by molar-refractivity contribution is 4.90. The van der Waals surface area contributed by atoms with Gasteiger partial charge in [0.25, 0.3) is 0 Å². The first-order chi connectivity index (χ1) is 10.3. The van der Waals surface area contributed by atoms with Crippen LogP contribution in [0.3, 0.4) is 0 Å². The second-order valence-corrected chi connectivity index (χ2v) is 7.17. The average Bonchev–Trinajstić information content (AvgIpc) is 3.28. The molecule has 1 nitrogen and oxygen atoms in total. The van der Waals surface area contributed by atoms with Gasteiger partial charge in [0.15, 0.2) is 0 Å². The zero-order chi connectivity index (χ0) is 15.2. The summed E-state index contributed by atoms with van der Waals surface area (Å²) in [7, 11) is 0. The second-order valence-electron chi connectivity index (χ2n) is 7.17. The van der Waals surface area contributed by atoms with Crippen LogP contribution in [-0.2, 0) is 4.74 Å². The highest BCUT2D eigenvalue weighted by atomic mass is 16.6. The van der Waals surface area contributed by atoms with Gasteiger partial charge in [-0.05, 0) is 12.8 Å². The molecule has 1 aliphatic heterocycles. The molecule has 0 radical (unpaired) electrons. The Labute approximate surface area is 134 Å². The lowest BCUT2D eigenvalue weighted by Gasteiger charge is -2.08. The fourth-order valence-electron chi connectivity index (χ4n) is 3.27. The van der Waals surface area contributed by atoms with E-state index in [9.17, 15) is 0 Å². The van der Waals surface area contributed by atoms with Gasteiger partial charge in [0.2, 0.25) is 0 Å². The van der Waals surface area contributed by atoms with E-state index < -0.39 is 0 Å². The first kappa shape index (κ1) is 19.0. The van der Waals surface area contributed by atoms with Crippen LogP contribution in [0.1, 0.15) is 117 Å². The van der Waals surface area contributed by atoms with E-state index in [4.69, 9.17) is 4.74 Å². The Bertz CT molecular complexity index is 220. The minimum Gasteiger partial charge on any atom is -0.370 e. The van der Waals surface area contributed by atoms with Crippen LogP contribution in [-0.4, -0.2) is 12.2 Å². The lowest BCUT2D eigenvalue weighted by Crippen LogP contribution is -2.08. The zero-order valence-corrected chi connectivity index (χ0v) is 14.9. The van der Waals surface area contributed by atoms with E-state index >= 15 is 0 Å². The van der Waals surface area contributed by atoms with Gasteiger partial charge >= 0.3 is 0 Å². The van der Waals surface area contributed by atoms with Crippen molar-refractivity contribution in [3.63, 3.8) is 0 Å². The monoisotopic (exact) mass is 296 g/mol. The Morgan fingerprint density at radius 2 is 1.00 bits per heavy atom. The lowest BCUT2D eigenvalue weighted by atomic mass is 9.98. The maximum absolute atomic E-state index is 5.56. The van der Waals surface area contributed by atoms with E-state index in [0.717, 1.165) is 6.61 Å². The van der Waals surface area contributed by atoms with Crippen molar-refractivity contribution >= 4 is 0 Å². The molecule has 0 aromatic carbocycles. The molecule has 1 fully saturated rings. The zero-order valence-electron chi connectivity index (χ0n) is 14.9. The molecule has 21 heavy (non-hydrogen) atoms. The molecule has 1 atom stereocenters. The van der Waals surface area contributed by atoms with Crippen molar-refractivity contribution in [2.45, 2.75) is 122 Å². The summed E-state index contributed by atoms with van der Waals surface area (Å²) in [5.74, 6) is 0. The summed E-state index contributed by atoms with van der Waals surface area (Å²) in [6.45, 7) is 5.58. The molecule has 1 heteroatoms. The van der Waals surface area contributed by atoms with Crippen molar-refractivity contribution in [1.82, 2.24) is 0 Å². The molecule has 1 saturated heterocycles. The van der Waals surface area contributed by atoms with E-state index in [-0.39, 0.29) is 0 Å². The molecule has 1 heterocycles. The van der Waals surface area contributed by atoms with Gasteiger partial charge < -0.3 is 4.74 Å². The van der Waals surface area contributed by atoms with Crippen molar-refractivity contribution in [3.05, 3.63) is 0 Å². The summed E-state index contributed by atoms with van der Waals surface area (Å²) in [5, 5.41) is 0. The van der Waals surface area contributed by atoms with E-state index in [1.165, 1.54) is 103 Å². The molecule has 0 aromatic heterocycles. The molecule has 0 spiro atoms. The lowest BCUT2D eigenvalue weighted by molar-refractivity contribution is 0.274. The first-order valence-corrected chi connectivity index (χ1v) is 9.97. The third kappa shape index (κ3) is 10.3. The van der Waals surface area contributed by atoms with Crippen LogP contribution in [0.15, 0.2) is 0 Å². The van der Waals surface area contributed by atoms with Crippen molar-refractivity contribution in [3.8, 4) is 0 Å². The molecule has 0 aromatic rings. The van der Waals surface area contributed by atoms with Crippen LogP contribution in [0.2, 0.25) is 0 Å². The standard InChI is InChI=1S/C20H40O/c1-3-5-6-7-8-9-10-11-12-13-14-15-16-17-18-20(4-2)19-21-20/h3-19H2,1-2H3. The summed E-state index contributed by atoms with van der Waals surface area (Å²) >= 11 is 0. The van der Waals surface area contributed by atoms with E-state index in [0.29, 0.717) is 5.60 Å². The van der Waals surface area contributed by atoms with Gasteiger partial charge in [-0.1, -0.05) is 104 Å². The quantitative estimate of drug-likeness (QED) is 0.220. The SMILES string of the molecule is CCCCCCCCCCCCCCCCC1(CC)CO1. The Hall–Kier alpha value is -0.0400. The molecule has 0 N–H and O–H groups in total. The first-order valence-electron chi connectivity index (χ1n) is 9.97. The summed E-state index contributed by atoms with van der Waals surface area (Å²) in [5.41, 5.74) is 0.330. The average molecular weight is 297 g/mol. The number of hydrogen-bond donors (Lipinski definition) is 0. The van der Waals surface area contributed by atoms with Gasteiger partial charge in [-0.3, -0.25) is 0 Å². The van der Waals surface area contributed by atoms with Gasteiger partial charge in [-0.15, -0.1) is 0 Å². The van der Waals surface area contributed by atoms with Crippen LogP contribution >= 0.6 is 0 Å². The van der Waals surface area contributed by atoms with Crippen LogP contribution in [0.25, 0.3) is 0 Å². The van der Waals surface area contributed by atoms with E-state index in [1.807, 2.05) is 0 Å². The maximum Gasteiger partial charge on any atom is 0.0914 e. The molecule has 0 saturated carbocycles. The fourth-order valence-corrected chi connectivity index (χ4v) is 3.27. The third-order valence-electron chi connectivity index (χ3n) is 5.18. The van der Waals surface area contributed by atoms with Crippen molar-refractivity contribution in [2.24, 2.45) is 0 Å². The van der Waals surface area contributed by atoms with E-state index in [2.05, 4.69) is 13.8 Å². The summed E-state index contributed by atoms with van der Waals surface area (Å²) < 4.78 is 5.56. The van der Waals surface area contributed by atoms with Gasteiger partial charge in [0.05, 0.1) is 12.2 Å². The van der Waals surface area contributed by atoms with Crippen LogP contribution < -0.4 is 0 Å². The Morgan fingerprint density at radius 3 is 1.33 bits per heavy atom. The predicted octanol–water partition coefficient (Wildman–Crippen LogP) is 7.04. The minimum atomic E-state index is 0.330. The molecule has 1 unspecified atom stereocenters. The van der Waals surface area contributed by atoms with Crippen molar-refractivity contribution in [1.29, 1.82) is 0 Å². The van der Waals surface area contributed by atoms with Gasteiger partial charge in [-0.25, -0.2) is 0 Å². The highest BCUT2D eigenvalue weighted by Gasteiger charge is 2.41. The maximum atomic E-state index is 5.56. The summed E-state index contributed by atoms with van der Waals surface area (Å²) in [4.78, 5) is 0. The van der Waals surface area contributed by atoms with E-state index in [1.54, 1.807) is 0 Å². The predicted molar refractivity (Wildman–Crippen MR) is 93.9 cm³/mol. The van der Waals surface area contributed by atoms with Crippen LogP contribution in [0.4, 0.5) is 0 Å². The highest BCUT2D eigenvalue weighted by Crippen LogP contribution is 2.36. The largest absolute Gasteiger partial charge is 0.370 e. The second kappa shape index (κ2) is 12.5. The number of epoxide rings is 1. The summed E-state index contributed by atoms with van der Waals surface area (Å²) in [6, 6.07) is 0. The van der Waals surface area contributed by atoms with Gasteiger partial charge in [0.1, 0.15) is 0 Å².